The molecule has 32 heavy (non-hydrogen) atoms. The zero-order chi connectivity index (χ0) is 23.0. The lowest BCUT2D eigenvalue weighted by molar-refractivity contribution is 0.0491. The van der Waals surface area contributed by atoms with Crippen LogP contribution < -0.4 is 10.2 Å². The Balaban J connectivity index is 1.62. The van der Waals surface area contributed by atoms with Crippen LogP contribution in [0.2, 0.25) is 0 Å². The van der Waals surface area contributed by atoms with Crippen LogP contribution in [-0.4, -0.2) is 49.7 Å². The van der Waals surface area contributed by atoms with Crippen LogP contribution >= 0.6 is 22.6 Å². The van der Waals surface area contributed by atoms with Gasteiger partial charge in [0.15, 0.2) is 18.4 Å². The zero-order valence-corrected chi connectivity index (χ0v) is 20.0. The molecule has 1 amide bonds. The smallest absolute Gasteiger partial charge is 0.342 e. The number of nitrogens with one attached hydrogen (secondary N) is 1. The monoisotopic (exact) mass is 555 g/mol. The third-order valence-corrected chi connectivity index (χ3v) is 6.80. The minimum Gasteiger partial charge on any atom is -0.440 e. The van der Waals surface area contributed by atoms with E-state index in [0.29, 0.717) is 18.3 Å². The largest absolute Gasteiger partial charge is 0.440 e. The van der Waals surface area contributed by atoms with E-state index in [9.17, 15) is 14.0 Å². The van der Waals surface area contributed by atoms with Gasteiger partial charge in [-0.25, -0.2) is 13.6 Å². The molecule has 1 saturated heterocycles. The van der Waals surface area contributed by atoms with Crippen LogP contribution in [0, 0.1) is 22.1 Å². The van der Waals surface area contributed by atoms with E-state index in [1.54, 1.807) is 6.07 Å². The van der Waals surface area contributed by atoms with E-state index in [1.807, 2.05) is 26.1 Å². The zero-order valence-electron chi connectivity index (χ0n) is 17.9. The molecule has 2 heterocycles. The molecule has 170 valence electrons. The van der Waals surface area contributed by atoms with Gasteiger partial charge in [-0.3, -0.25) is 4.79 Å². The van der Waals surface area contributed by atoms with Crippen LogP contribution in [0.3, 0.4) is 0 Å². The molecule has 0 radical (unpaired) electrons. The summed E-state index contributed by atoms with van der Waals surface area (Å²) < 4.78 is 36.4. The van der Waals surface area contributed by atoms with Crippen molar-refractivity contribution in [2.75, 3.05) is 31.8 Å². The van der Waals surface area contributed by atoms with Gasteiger partial charge >= 0.3 is 5.97 Å². The molecule has 2 aromatic rings. The number of hydrogen-bond donors (Lipinski definition) is 1. The van der Waals surface area contributed by atoms with Crippen LogP contribution in [0.15, 0.2) is 24.3 Å². The number of rotatable bonds is 5. The summed E-state index contributed by atoms with van der Waals surface area (Å²) in [6, 6.07) is 6.93. The highest BCUT2D eigenvalue weighted by Gasteiger charge is 2.34. The molecule has 6 nitrogen and oxygen atoms in total. The van der Waals surface area contributed by atoms with Gasteiger partial charge in [0, 0.05) is 21.8 Å². The standard InChI is InChI=1S/C23H24F2IN3O3/c1-13-10-14(26)5-6-18(13)29-12-32-23(31)17-11-16(19(24)20(25)21(17)29)22(30)27-8-7-15-4-3-9-28(15)2/h5-6,10-11,15H,3-4,7-9,12H2,1-2H3,(H,27,30). The SMILES string of the molecule is Cc1cc(I)ccc1N1COC(=O)c2cc(C(=O)NCCC3CCCN3C)c(F)c(F)c21. The Morgan fingerprint density at radius 1 is 1.28 bits per heavy atom. The third kappa shape index (κ3) is 4.32. The van der Waals surface area contributed by atoms with Gasteiger partial charge in [0.2, 0.25) is 0 Å². The molecule has 9 heteroatoms. The van der Waals surface area contributed by atoms with E-state index in [1.165, 1.54) is 4.90 Å². The summed E-state index contributed by atoms with van der Waals surface area (Å²) in [7, 11) is 2.03. The van der Waals surface area contributed by atoms with Gasteiger partial charge in [-0.2, -0.15) is 0 Å². The van der Waals surface area contributed by atoms with Crippen molar-refractivity contribution in [1.29, 1.82) is 0 Å². The highest BCUT2D eigenvalue weighted by atomic mass is 127. The topological polar surface area (TPSA) is 61.9 Å². The van der Waals surface area contributed by atoms with Crippen molar-refractivity contribution < 1.29 is 23.1 Å². The summed E-state index contributed by atoms with van der Waals surface area (Å²) in [4.78, 5) is 28.6. The van der Waals surface area contributed by atoms with Crippen LogP contribution in [0.1, 0.15) is 45.5 Å². The number of carbonyl (C=O) groups excluding carboxylic acids is 2. The number of ether oxygens (including phenoxy) is 1. The lowest BCUT2D eigenvalue weighted by Gasteiger charge is -2.32. The Morgan fingerprint density at radius 3 is 2.75 bits per heavy atom. The number of aryl methyl sites for hydroxylation is 1. The minimum absolute atomic E-state index is 0.172. The van der Waals surface area contributed by atoms with E-state index >= 15 is 4.39 Å². The highest BCUT2D eigenvalue weighted by Crippen LogP contribution is 2.38. The number of anilines is 2. The lowest BCUT2D eigenvalue weighted by Crippen LogP contribution is -2.34. The van der Waals surface area contributed by atoms with E-state index in [0.717, 1.165) is 41.0 Å². The second-order valence-electron chi connectivity index (χ2n) is 8.19. The molecule has 1 fully saturated rings. The number of carbonyl (C=O) groups is 2. The lowest BCUT2D eigenvalue weighted by atomic mass is 10.0. The highest BCUT2D eigenvalue weighted by molar-refractivity contribution is 14.1. The molecule has 0 saturated carbocycles. The maximum atomic E-state index is 15.2. The summed E-state index contributed by atoms with van der Waals surface area (Å²) >= 11 is 2.16. The van der Waals surface area contributed by atoms with Gasteiger partial charge in [-0.05, 0) is 92.2 Å². The quantitative estimate of drug-likeness (QED) is 0.439. The van der Waals surface area contributed by atoms with E-state index in [2.05, 4.69) is 32.8 Å². The number of halogens is 3. The Hall–Kier alpha value is -2.27. The molecular weight excluding hydrogens is 531 g/mol. The van der Waals surface area contributed by atoms with Gasteiger partial charge in [-0.1, -0.05) is 0 Å². The van der Waals surface area contributed by atoms with Crippen LogP contribution in [-0.2, 0) is 4.74 Å². The predicted molar refractivity (Wildman–Crippen MR) is 125 cm³/mol. The third-order valence-electron chi connectivity index (χ3n) is 6.12. The molecule has 0 aliphatic carbocycles. The predicted octanol–water partition coefficient (Wildman–Crippen LogP) is 4.36. The summed E-state index contributed by atoms with van der Waals surface area (Å²) in [5.74, 6) is -4.06. The van der Waals surface area contributed by atoms with Crippen molar-refractivity contribution in [2.45, 2.75) is 32.2 Å². The number of benzene rings is 2. The first kappa shape index (κ1) is 22.9. The van der Waals surface area contributed by atoms with Gasteiger partial charge in [0.05, 0.1) is 16.8 Å². The molecule has 2 aliphatic heterocycles. The van der Waals surface area contributed by atoms with Crippen molar-refractivity contribution >= 4 is 45.8 Å². The van der Waals surface area contributed by atoms with E-state index in [4.69, 9.17) is 4.74 Å². The van der Waals surface area contributed by atoms with Gasteiger partial charge in [0.25, 0.3) is 5.91 Å². The van der Waals surface area contributed by atoms with Crippen LogP contribution in [0.5, 0.6) is 0 Å². The second-order valence-corrected chi connectivity index (χ2v) is 9.43. The van der Waals surface area contributed by atoms with Crippen LogP contribution in [0.25, 0.3) is 0 Å². The summed E-state index contributed by atoms with van der Waals surface area (Å²) in [5, 5.41) is 2.66. The molecule has 2 aliphatic rings. The minimum atomic E-state index is -1.28. The number of cyclic esters (lactones) is 1. The molecule has 0 spiro atoms. The Morgan fingerprint density at radius 2 is 2.06 bits per heavy atom. The number of likely N-dealkylation sites (tertiary alicyclic amines) is 1. The summed E-state index contributed by atoms with van der Waals surface area (Å²) in [6.45, 7) is 2.95. The molecule has 0 bridgehead atoms. The first-order chi connectivity index (χ1) is 15.3. The van der Waals surface area contributed by atoms with E-state index in [-0.39, 0.29) is 18.0 Å². The molecule has 1 N–H and O–H groups in total. The first-order valence-corrected chi connectivity index (χ1v) is 11.6. The number of hydrogen-bond acceptors (Lipinski definition) is 5. The molecular formula is C23H24F2IN3O3. The van der Waals surface area contributed by atoms with Crippen molar-refractivity contribution in [1.82, 2.24) is 10.2 Å². The fourth-order valence-electron chi connectivity index (χ4n) is 4.37. The fourth-order valence-corrected chi connectivity index (χ4v) is 5.02. The average molecular weight is 555 g/mol. The fraction of sp³-hybridized carbons (Fsp3) is 0.391. The summed E-state index contributed by atoms with van der Waals surface area (Å²) in [5.41, 5.74) is 0.523. The normalized spacial score (nSPS) is 18.5. The van der Waals surface area contributed by atoms with Gasteiger partial charge in [0.1, 0.15) is 0 Å². The van der Waals surface area contributed by atoms with Crippen molar-refractivity contribution in [2.24, 2.45) is 0 Å². The summed E-state index contributed by atoms with van der Waals surface area (Å²) in [6.07, 6.45) is 2.88. The number of fused-ring (bicyclic) bond motifs is 1. The van der Waals surface area contributed by atoms with Gasteiger partial charge in [-0.15, -0.1) is 0 Å². The maximum Gasteiger partial charge on any atom is 0.342 e. The molecule has 1 atom stereocenters. The van der Waals surface area contributed by atoms with Crippen LogP contribution in [0.4, 0.5) is 20.2 Å². The number of amides is 1. The average Bonchev–Trinajstić information content (AvgIpc) is 3.16. The van der Waals surface area contributed by atoms with Crippen molar-refractivity contribution in [3.05, 3.63) is 56.2 Å². The molecule has 4 rings (SSSR count). The van der Waals surface area contributed by atoms with Crippen molar-refractivity contribution in [3.8, 4) is 0 Å². The van der Waals surface area contributed by atoms with Crippen molar-refractivity contribution in [3.63, 3.8) is 0 Å². The molecule has 2 aromatic carbocycles. The Labute approximate surface area is 199 Å². The Bertz CT molecular complexity index is 1080. The Kier molecular flexibility index (Phi) is 6.66. The second kappa shape index (κ2) is 9.30. The number of esters is 1. The number of nitrogens with zero attached hydrogens (tertiary/aromatic N) is 2. The van der Waals surface area contributed by atoms with E-state index < -0.39 is 29.1 Å². The van der Waals surface area contributed by atoms with Gasteiger partial charge < -0.3 is 19.9 Å². The maximum absolute atomic E-state index is 15.2. The first-order valence-electron chi connectivity index (χ1n) is 10.5. The molecule has 1 unspecified atom stereocenters. The molecule has 0 aromatic heterocycles.